The second-order valence-electron chi connectivity index (χ2n) is 4.01. The van der Waals surface area contributed by atoms with Crippen LogP contribution >= 0.6 is 11.6 Å². The van der Waals surface area contributed by atoms with Crippen molar-refractivity contribution < 1.29 is 0 Å². The van der Waals surface area contributed by atoms with E-state index in [1.807, 2.05) is 42.5 Å². The first-order valence-electron chi connectivity index (χ1n) is 5.82. The van der Waals surface area contributed by atoms with Crippen LogP contribution in [0.15, 0.2) is 61.2 Å². The predicted octanol–water partition coefficient (Wildman–Crippen LogP) is 3.86. The molecule has 0 bridgehead atoms. The van der Waals surface area contributed by atoms with Gasteiger partial charge in [-0.1, -0.05) is 29.8 Å². The number of hydrogen-bond donors (Lipinski definition) is 0. The molecule has 19 heavy (non-hydrogen) atoms. The molecule has 0 saturated heterocycles. The molecule has 0 aliphatic rings. The molecule has 0 unspecified atom stereocenters. The van der Waals surface area contributed by atoms with Crippen molar-refractivity contribution in [3.63, 3.8) is 0 Å². The van der Waals surface area contributed by atoms with Crippen LogP contribution in [0.4, 0.5) is 0 Å². The number of pyridine rings is 1. The van der Waals surface area contributed by atoms with Crippen LogP contribution in [-0.2, 0) is 0 Å². The minimum atomic E-state index is 0.708. The first-order valence-corrected chi connectivity index (χ1v) is 6.20. The van der Waals surface area contributed by atoms with Crippen LogP contribution < -0.4 is 0 Å². The van der Waals surface area contributed by atoms with E-state index in [0.717, 1.165) is 22.5 Å². The number of rotatable bonds is 2. The maximum Gasteiger partial charge on any atom is 0.116 e. The van der Waals surface area contributed by atoms with E-state index in [2.05, 4.69) is 15.0 Å². The van der Waals surface area contributed by atoms with Gasteiger partial charge in [-0.05, 0) is 29.8 Å². The molecule has 0 spiro atoms. The summed E-state index contributed by atoms with van der Waals surface area (Å²) in [5.74, 6) is 0. The Labute approximate surface area is 116 Å². The fourth-order valence-corrected chi connectivity index (χ4v) is 2.00. The Morgan fingerprint density at radius 2 is 1.74 bits per heavy atom. The van der Waals surface area contributed by atoms with Gasteiger partial charge >= 0.3 is 0 Å². The van der Waals surface area contributed by atoms with Crippen LogP contribution in [0.1, 0.15) is 0 Å². The zero-order valence-corrected chi connectivity index (χ0v) is 10.7. The Balaban J connectivity index is 2.15. The lowest BCUT2D eigenvalue weighted by atomic mass is 10.0. The van der Waals surface area contributed by atoms with Gasteiger partial charge in [-0.3, -0.25) is 4.98 Å². The highest BCUT2D eigenvalue weighted by atomic mass is 35.5. The molecule has 2 aromatic heterocycles. The highest BCUT2D eigenvalue weighted by molar-refractivity contribution is 6.30. The van der Waals surface area contributed by atoms with Gasteiger partial charge in [-0.2, -0.15) is 0 Å². The van der Waals surface area contributed by atoms with Crippen molar-refractivity contribution in [3.05, 3.63) is 66.2 Å². The molecule has 0 saturated carbocycles. The summed E-state index contributed by atoms with van der Waals surface area (Å²) in [4.78, 5) is 12.8. The summed E-state index contributed by atoms with van der Waals surface area (Å²) in [7, 11) is 0. The maximum atomic E-state index is 5.91. The first-order chi connectivity index (χ1) is 9.34. The summed E-state index contributed by atoms with van der Waals surface area (Å²) in [5, 5.41) is 0.708. The molecule has 1 aromatic carbocycles. The Morgan fingerprint density at radius 3 is 2.47 bits per heavy atom. The van der Waals surface area contributed by atoms with Gasteiger partial charge in [0.2, 0.25) is 0 Å². The van der Waals surface area contributed by atoms with E-state index < -0.39 is 0 Å². The third-order valence-corrected chi connectivity index (χ3v) is 3.03. The molecule has 0 radical (unpaired) electrons. The Bertz CT molecular complexity index is 681. The van der Waals surface area contributed by atoms with Crippen molar-refractivity contribution in [2.75, 3.05) is 0 Å². The summed E-state index contributed by atoms with van der Waals surface area (Å²) in [6.07, 6.45) is 5.08. The largest absolute Gasteiger partial charge is 0.255 e. The molecule has 0 amide bonds. The highest BCUT2D eigenvalue weighted by Crippen LogP contribution is 2.28. The summed E-state index contributed by atoms with van der Waals surface area (Å²) >= 11 is 5.91. The van der Waals surface area contributed by atoms with Gasteiger partial charge in [-0.15, -0.1) is 0 Å². The van der Waals surface area contributed by atoms with Crippen LogP contribution in [0.3, 0.4) is 0 Å². The molecule has 4 heteroatoms. The predicted molar refractivity (Wildman–Crippen MR) is 75.7 cm³/mol. The summed E-state index contributed by atoms with van der Waals surface area (Å²) in [6, 6.07) is 13.4. The third kappa shape index (κ3) is 2.46. The molecule has 0 aliphatic heterocycles. The minimum absolute atomic E-state index is 0.708. The fourth-order valence-electron chi connectivity index (χ4n) is 1.88. The maximum absolute atomic E-state index is 5.91. The zero-order valence-electron chi connectivity index (χ0n) is 9.99. The second-order valence-corrected chi connectivity index (χ2v) is 4.44. The Kier molecular flexibility index (Phi) is 3.21. The van der Waals surface area contributed by atoms with Gasteiger partial charge < -0.3 is 0 Å². The number of aromatic nitrogens is 3. The molecule has 2 heterocycles. The van der Waals surface area contributed by atoms with E-state index in [0.29, 0.717) is 5.02 Å². The van der Waals surface area contributed by atoms with E-state index in [9.17, 15) is 0 Å². The van der Waals surface area contributed by atoms with Gasteiger partial charge in [0.05, 0.1) is 11.4 Å². The smallest absolute Gasteiger partial charge is 0.116 e. The second kappa shape index (κ2) is 5.16. The highest BCUT2D eigenvalue weighted by Gasteiger charge is 2.09. The normalized spacial score (nSPS) is 10.4. The molecular weight excluding hydrogens is 258 g/mol. The average Bonchev–Trinajstić information content (AvgIpc) is 2.49. The fraction of sp³-hybridized carbons (Fsp3) is 0. The van der Waals surface area contributed by atoms with Crippen LogP contribution in [0, 0.1) is 0 Å². The van der Waals surface area contributed by atoms with E-state index in [4.69, 9.17) is 11.6 Å². The van der Waals surface area contributed by atoms with E-state index in [-0.39, 0.29) is 0 Å². The summed E-state index contributed by atoms with van der Waals surface area (Å²) in [6.45, 7) is 0. The zero-order chi connectivity index (χ0) is 13.1. The van der Waals surface area contributed by atoms with Crippen LogP contribution in [0.2, 0.25) is 5.02 Å². The topological polar surface area (TPSA) is 38.7 Å². The van der Waals surface area contributed by atoms with Crippen molar-refractivity contribution in [1.82, 2.24) is 15.0 Å². The van der Waals surface area contributed by atoms with Crippen LogP contribution in [-0.4, -0.2) is 15.0 Å². The molecule has 0 N–H and O–H groups in total. The number of benzene rings is 1. The lowest BCUT2D eigenvalue weighted by Crippen LogP contribution is -1.92. The lowest BCUT2D eigenvalue weighted by Gasteiger charge is -2.07. The van der Waals surface area contributed by atoms with E-state index in [1.165, 1.54) is 6.33 Å². The van der Waals surface area contributed by atoms with Crippen LogP contribution in [0.5, 0.6) is 0 Å². The summed E-state index contributed by atoms with van der Waals surface area (Å²) in [5.41, 5.74) is 3.61. The number of nitrogens with zero attached hydrogens (tertiary/aromatic N) is 3. The molecule has 0 atom stereocenters. The quantitative estimate of drug-likeness (QED) is 0.708. The molecule has 0 aliphatic carbocycles. The van der Waals surface area contributed by atoms with Gasteiger partial charge in [-0.25, -0.2) is 9.97 Å². The van der Waals surface area contributed by atoms with Gasteiger partial charge in [0.1, 0.15) is 6.33 Å². The molecule has 3 rings (SSSR count). The van der Waals surface area contributed by atoms with Crippen molar-refractivity contribution in [1.29, 1.82) is 0 Å². The van der Waals surface area contributed by atoms with E-state index in [1.54, 1.807) is 12.4 Å². The lowest BCUT2D eigenvalue weighted by molar-refractivity contribution is 1.15. The van der Waals surface area contributed by atoms with Crippen molar-refractivity contribution in [3.8, 4) is 22.5 Å². The van der Waals surface area contributed by atoms with Gasteiger partial charge in [0.15, 0.2) is 0 Å². The van der Waals surface area contributed by atoms with Crippen molar-refractivity contribution >= 4 is 11.6 Å². The van der Waals surface area contributed by atoms with Gasteiger partial charge in [0.25, 0.3) is 0 Å². The minimum Gasteiger partial charge on any atom is -0.255 e. The molecular formula is C15H10ClN3. The SMILES string of the molecule is Clc1ccc(-c2cncnc2-c2ccccn2)cc1. The monoisotopic (exact) mass is 267 g/mol. The van der Waals surface area contributed by atoms with Crippen LogP contribution in [0.25, 0.3) is 22.5 Å². The Hall–Kier alpha value is -2.26. The van der Waals surface area contributed by atoms with Gasteiger partial charge in [0, 0.05) is 23.0 Å². The average molecular weight is 268 g/mol. The third-order valence-electron chi connectivity index (χ3n) is 2.77. The molecule has 92 valence electrons. The number of hydrogen-bond acceptors (Lipinski definition) is 3. The van der Waals surface area contributed by atoms with Crippen molar-refractivity contribution in [2.24, 2.45) is 0 Å². The summed E-state index contributed by atoms with van der Waals surface area (Å²) < 4.78 is 0. The van der Waals surface area contributed by atoms with Crippen molar-refractivity contribution in [2.45, 2.75) is 0 Å². The number of halogens is 1. The standard InChI is InChI=1S/C15H10ClN3/c16-12-6-4-11(5-7-12)13-9-17-10-19-15(13)14-3-1-2-8-18-14/h1-10H. The molecule has 3 aromatic rings. The first kappa shape index (κ1) is 11.8. The molecule has 0 fully saturated rings. The Morgan fingerprint density at radius 1 is 0.895 bits per heavy atom. The molecule has 3 nitrogen and oxygen atoms in total. The van der Waals surface area contributed by atoms with E-state index >= 15 is 0 Å².